The SMILES string of the molecule is Brc1cc2ccccc2[cH-]1.[SH-].[Zr+3].c1ccc2[cH-]ccc2c1. The topological polar surface area (TPSA) is 0 Å². The molecule has 0 atom stereocenters. The van der Waals surface area contributed by atoms with Gasteiger partial charge in [0.05, 0.1) is 0 Å². The Balaban J connectivity index is 0.000000192. The Bertz CT molecular complexity index is 738. The van der Waals surface area contributed by atoms with E-state index >= 15 is 0 Å². The van der Waals surface area contributed by atoms with Crippen LogP contribution in [0.1, 0.15) is 0 Å². The third-order valence-corrected chi connectivity index (χ3v) is 3.59. The second kappa shape index (κ2) is 8.73. The summed E-state index contributed by atoms with van der Waals surface area (Å²) in [6.07, 6.45) is 0. The first-order valence-electron chi connectivity index (χ1n) is 6.24. The van der Waals surface area contributed by atoms with Crippen LogP contribution in [0.25, 0.3) is 21.5 Å². The van der Waals surface area contributed by atoms with E-state index in [4.69, 9.17) is 0 Å². The van der Waals surface area contributed by atoms with Crippen LogP contribution >= 0.6 is 15.9 Å². The molecule has 0 aromatic heterocycles. The van der Waals surface area contributed by atoms with E-state index in [-0.39, 0.29) is 39.7 Å². The first-order chi connectivity index (χ1) is 9.33. The van der Waals surface area contributed by atoms with Crippen molar-refractivity contribution in [1.29, 1.82) is 0 Å². The summed E-state index contributed by atoms with van der Waals surface area (Å²) < 4.78 is 1.16. The average molecular weight is 434 g/mol. The van der Waals surface area contributed by atoms with Gasteiger partial charge < -0.3 is 13.5 Å². The van der Waals surface area contributed by atoms with Crippen molar-refractivity contribution in [3.05, 3.63) is 83.3 Å². The molecule has 4 aromatic rings. The fraction of sp³-hybridized carbons (Fsp3) is 0. The summed E-state index contributed by atoms with van der Waals surface area (Å²) in [4.78, 5) is 0. The number of benzene rings is 2. The first-order valence-corrected chi connectivity index (χ1v) is 7.04. The van der Waals surface area contributed by atoms with Gasteiger partial charge in [-0.1, -0.05) is 32.5 Å². The predicted octanol–water partition coefficient (Wildman–Crippen LogP) is 5.61. The molecule has 3 heteroatoms. The zero-order chi connectivity index (χ0) is 13.1. The van der Waals surface area contributed by atoms with E-state index in [2.05, 4.69) is 94.8 Å². The standard InChI is InChI=1S/C9H6Br.C9H7.H2S.Zr/c10-9-5-7-3-1-2-4-8(7)6-9;1-2-5-9-7-3-6-8(9)4-1;;/h1-6H;1-7H;1H2;/q2*-1;;+3/p-1. The van der Waals surface area contributed by atoms with Crippen LogP contribution in [0.5, 0.6) is 0 Å². The summed E-state index contributed by atoms with van der Waals surface area (Å²) in [6, 6.07) is 27.2. The van der Waals surface area contributed by atoms with E-state index in [1.165, 1.54) is 21.5 Å². The van der Waals surface area contributed by atoms with E-state index in [0.29, 0.717) is 0 Å². The Labute approximate surface area is 159 Å². The van der Waals surface area contributed by atoms with Crippen LogP contribution in [0.4, 0.5) is 0 Å². The van der Waals surface area contributed by atoms with Gasteiger partial charge in [0.1, 0.15) is 0 Å². The Kier molecular flexibility index (Phi) is 7.66. The van der Waals surface area contributed by atoms with Gasteiger partial charge in [0.25, 0.3) is 0 Å². The molecule has 0 aliphatic rings. The molecule has 103 valence electrons. The van der Waals surface area contributed by atoms with Gasteiger partial charge in [0.2, 0.25) is 0 Å². The van der Waals surface area contributed by atoms with Crippen molar-refractivity contribution in [3.63, 3.8) is 0 Å². The van der Waals surface area contributed by atoms with E-state index in [9.17, 15) is 0 Å². The van der Waals surface area contributed by atoms with Crippen molar-refractivity contribution in [2.75, 3.05) is 0 Å². The normalized spacial score (nSPS) is 9.38. The summed E-state index contributed by atoms with van der Waals surface area (Å²) in [5, 5.41) is 5.26. The molecule has 0 bridgehead atoms. The number of hydrogen-bond donors (Lipinski definition) is 0. The van der Waals surface area contributed by atoms with Gasteiger partial charge in [-0.15, -0.1) is 64.7 Å². The molecule has 0 unspecified atom stereocenters. The second-order valence-corrected chi connectivity index (χ2v) is 5.37. The number of hydrogen-bond acceptors (Lipinski definition) is 1. The number of fused-ring (bicyclic) bond motifs is 2. The van der Waals surface area contributed by atoms with Gasteiger partial charge in [-0.05, 0) is 0 Å². The minimum Gasteiger partial charge on any atom is -0.813 e. The van der Waals surface area contributed by atoms with E-state index in [1.54, 1.807) is 0 Å². The second-order valence-electron chi connectivity index (χ2n) is 4.46. The largest absolute Gasteiger partial charge is 3.00 e. The molecule has 1 radical (unpaired) electrons. The average Bonchev–Trinajstić information content (AvgIpc) is 3.03. The molecule has 4 aromatic carbocycles. The van der Waals surface area contributed by atoms with Gasteiger partial charge >= 0.3 is 26.2 Å². The van der Waals surface area contributed by atoms with Crippen molar-refractivity contribution >= 4 is 51.0 Å². The Morgan fingerprint density at radius 3 is 2.05 bits per heavy atom. The van der Waals surface area contributed by atoms with Crippen LogP contribution in [-0.2, 0) is 39.7 Å². The van der Waals surface area contributed by atoms with E-state index in [1.807, 2.05) is 0 Å². The molecule has 0 aliphatic carbocycles. The van der Waals surface area contributed by atoms with Crippen LogP contribution in [-0.4, -0.2) is 0 Å². The zero-order valence-electron chi connectivity index (χ0n) is 11.3. The van der Waals surface area contributed by atoms with Gasteiger partial charge in [0, 0.05) is 0 Å². The summed E-state index contributed by atoms with van der Waals surface area (Å²) in [5.74, 6) is 0. The molecule has 0 amide bonds. The number of rotatable bonds is 0. The van der Waals surface area contributed by atoms with Gasteiger partial charge in [-0.3, -0.25) is 0 Å². The molecule has 21 heavy (non-hydrogen) atoms. The molecule has 0 heterocycles. The monoisotopic (exact) mass is 431 g/mol. The fourth-order valence-electron chi connectivity index (χ4n) is 2.18. The van der Waals surface area contributed by atoms with Gasteiger partial charge in [-0.2, -0.15) is 23.6 Å². The van der Waals surface area contributed by atoms with E-state index < -0.39 is 0 Å². The number of halogens is 1. The summed E-state index contributed by atoms with van der Waals surface area (Å²) >= 11 is 3.42. The van der Waals surface area contributed by atoms with Crippen molar-refractivity contribution in [2.24, 2.45) is 0 Å². The molecular weight excluding hydrogens is 419 g/mol. The van der Waals surface area contributed by atoms with Crippen molar-refractivity contribution in [3.8, 4) is 0 Å². The summed E-state index contributed by atoms with van der Waals surface area (Å²) in [5.41, 5.74) is 0. The van der Waals surface area contributed by atoms with Crippen LogP contribution in [0, 0.1) is 0 Å². The summed E-state index contributed by atoms with van der Waals surface area (Å²) in [6.45, 7) is 0. The smallest absolute Gasteiger partial charge is 0.813 e. The molecule has 0 nitrogen and oxygen atoms in total. The van der Waals surface area contributed by atoms with Crippen LogP contribution in [0.15, 0.2) is 83.3 Å². The Morgan fingerprint density at radius 1 is 0.762 bits per heavy atom. The first kappa shape index (κ1) is 18.4. The van der Waals surface area contributed by atoms with Crippen molar-refractivity contribution in [1.82, 2.24) is 0 Å². The maximum absolute atomic E-state index is 3.42. The quantitative estimate of drug-likeness (QED) is 0.197. The third-order valence-electron chi connectivity index (χ3n) is 3.13. The number of thiol groups is 1. The molecule has 0 aliphatic heterocycles. The predicted molar refractivity (Wildman–Crippen MR) is 95.5 cm³/mol. The van der Waals surface area contributed by atoms with Gasteiger partial charge in [0.15, 0.2) is 0 Å². The fourth-order valence-corrected chi connectivity index (χ4v) is 2.68. The maximum Gasteiger partial charge on any atom is 3.00 e. The van der Waals surface area contributed by atoms with E-state index in [0.717, 1.165) is 4.47 Å². The van der Waals surface area contributed by atoms with Crippen molar-refractivity contribution < 1.29 is 26.2 Å². The Hall–Kier alpha value is -0.627. The molecule has 4 rings (SSSR count). The summed E-state index contributed by atoms with van der Waals surface area (Å²) in [7, 11) is 0. The van der Waals surface area contributed by atoms with Crippen molar-refractivity contribution in [2.45, 2.75) is 0 Å². The molecule has 0 fully saturated rings. The minimum atomic E-state index is 0. The molecule has 0 saturated carbocycles. The molecule has 0 N–H and O–H groups in total. The van der Waals surface area contributed by atoms with Gasteiger partial charge in [-0.25, -0.2) is 0 Å². The molecule has 0 spiro atoms. The molecular formula is C18H14BrSZr. The zero-order valence-corrected chi connectivity index (χ0v) is 16.3. The van der Waals surface area contributed by atoms with Crippen LogP contribution in [0.3, 0.4) is 0 Å². The van der Waals surface area contributed by atoms with Crippen LogP contribution < -0.4 is 0 Å². The maximum atomic E-state index is 3.42. The molecule has 0 saturated heterocycles. The Morgan fingerprint density at radius 2 is 1.38 bits per heavy atom. The third kappa shape index (κ3) is 4.67. The van der Waals surface area contributed by atoms with Crippen LogP contribution in [0.2, 0.25) is 0 Å². The minimum absolute atomic E-state index is 0.